The number of benzene rings is 1. The summed E-state index contributed by atoms with van der Waals surface area (Å²) in [4.78, 5) is 27.6. The van der Waals surface area contributed by atoms with E-state index in [9.17, 15) is 9.59 Å². The number of carbonyl (C=O) groups is 2. The van der Waals surface area contributed by atoms with Gasteiger partial charge in [0.15, 0.2) is 5.78 Å². The molecule has 0 aliphatic carbocycles. The van der Waals surface area contributed by atoms with E-state index in [1.807, 2.05) is 13.0 Å². The third-order valence-electron chi connectivity index (χ3n) is 3.19. The first kappa shape index (κ1) is 12.0. The molecule has 1 aliphatic heterocycles. The van der Waals surface area contributed by atoms with Crippen molar-refractivity contribution in [3.63, 3.8) is 0 Å². The molecule has 3 rings (SSSR count). The first-order chi connectivity index (χ1) is 9.06. The van der Waals surface area contributed by atoms with E-state index in [1.165, 1.54) is 0 Å². The van der Waals surface area contributed by atoms with Crippen LogP contribution in [0.1, 0.15) is 27.7 Å². The lowest BCUT2D eigenvalue weighted by Crippen LogP contribution is -2.33. The van der Waals surface area contributed by atoms with Gasteiger partial charge in [0.1, 0.15) is 5.92 Å². The summed E-state index contributed by atoms with van der Waals surface area (Å²) >= 11 is 5.86. The minimum absolute atomic E-state index is 0.211. The molecule has 4 nitrogen and oxygen atoms in total. The van der Waals surface area contributed by atoms with Gasteiger partial charge in [0.25, 0.3) is 0 Å². The Labute approximate surface area is 114 Å². The lowest BCUT2D eigenvalue weighted by Gasteiger charge is -2.22. The second-order valence-corrected chi connectivity index (χ2v) is 5.01. The predicted molar refractivity (Wildman–Crippen MR) is 72.7 cm³/mol. The lowest BCUT2D eigenvalue weighted by molar-refractivity contribution is -0.116. The molecule has 1 atom stereocenters. The molecule has 1 aromatic heterocycles. The molecule has 2 N–H and O–H groups in total. The van der Waals surface area contributed by atoms with E-state index in [0.717, 1.165) is 5.69 Å². The molecule has 2 aromatic rings. The van der Waals surface area contributed by atoms with Gasteiger partial charge in [0.05, 0.1) is 5.69 Å². The third-order valence-corrected chi connectivity index (χ3v) is 3.43. The number of aromatic nitrogens is 1. The van der Waals surface area contributed by atoms with E-state index in [4.69, 9.17) is 11.6 Å². The zero-order chi connectivity index (χ0) is 13.6. The Morgan fingerprint density at radius 3 is 2.63 bits per heavy atom. The number of Topliss-reactive ketones (excluding diaryl/α,β-unsaturated/α-hetero) is 1. The minimum atomic E-state index is -0.817. The largest absolute Gasteiger partial charge is 0.361 e. The second-order valence-electron chi connectivity index (χ2n) is 4.57. The number of carbonyl (C=O) groups excluding carboxylic acids is 2. The number of anilines is 1. The molecule has 2 heterocycles. The highest BCUT2D eigenvalue weighted by Gasteiger charge is 2.36. The van der Waals surface area contributed by atoms with Gasteiger partial charge in [-0.2, -0.15) is 0 Å². The first-order valence-electron chi connectivity index (χ1n) is 5.86. The van der Waals surface area contributed by atoms with Crippen molar-refractivity contribution in [3.05, 3.63) is 52.3 Å². The number of aromatic amines is 1. The Balaban J connectivity index is 2.08. The van der Waals surface area contributed by atoms with Crippen LogP contribution < -0.4 is 5.32 Å². The quantitative estimate of drug-likeness (QED) is 0.786. The van der Waals surface area contributed by atoms with Crippen molar-refractivity contribution in [1.29, 1.82) is 0 Å². The van der Waals surface area contributed by atoms with E-state index in [-0.39, 0.29) is 11.7 Å². The molecule has 96 valence electrons. The van der Waals surface area contributed by atoms with Crippen LogP contribution in [0.15, 0.2) is 30.3 Å². The van der Waals surface area contributed by atoms with E-state index in [2.05, 4.69) is 10.3 Å². The number of halogens is 1. The van der Waals surface area contributed by atoms with Crippen molar-refractivity contribution in [1.82, 2.24) is 4.98 Å². The standard InChI is InChI=1S/C14H11ClN2O2/c1-7-2-5-10(16-7)12-13(18)9-4-3-8(15)6-11(9)17-14(12)19/h2-6,12,16H,1H3,(H,17,19). The normalized spacial score (nSPS) is 18.1. The Kier molecular flexibility index (Phi) is 2.68. The van der Waals surface area contributed by atoms with Crippen LogP contribution in [0.4, 0.5) is 5.69 Å². The van der Waals surface area contributed by atoms with E-state index >= 15 is 0 Å². The maximum absolute atomic E-state index is 12.4. The number of hydrogen-bond acceptors (Lipinski definition) is 2. The number of hydrogen-bond donors (Lipinski definition) is 2. The van der Waals surface area contributed by atoms with Crippen LogP contribution in [-0.4, -0.2) is 16.7 Å². The average Bonchev–Trinajstić information content (AvgIpc) is 2.75. The molecular weight excluding hydrogens is 264 g/mol. The zero-order valence-corrected chi connectivity index (χ0v) is 10.9. The molecule has 1 aromatic carbocycles. The number of fused-ring (bicyclic) bond motifs is 1. The number of amides is 1. The van der Waals surface area contributed by atoms with Crippen LogP contribution in [0.25, 0.3) is 0 Å². The minimum Gasteiger partial charge on any atom is -0.361 e. The second kappa shape index (κ2) is 4.24. The summed E-state index contributed by atoms with van der Waals surface area (Å²) in [7, 11) is 0. The van der Waals surface area contributed by atoms with Crippen LogP contribution >= 0.6 is 11.6 Å². The molecule has 0 fully saturated rings. The highest BCUT2D eigenvalue weighted by atomic mass is 35.5. The first-order valence-corrected chi connectivity index (χ1v) is 6.24. The smallest absolute Gasteiger partial charge is 0.241 e. The van der Waals surface area contributed by atoms with Gasteiger partial charge in [-0.1, -0.05) is 11.6 Å². The van der Waals surface area contributed by atoms with Crippen LogP contribution in [0.5, 0.6) is 0 Å². The summed E-state index contributed by atoms with van der Waals surface area (Å²) in [6.07, 6.45) is 0. The van der Waals surface area contributed by atoms with Gasteiger partial charge >= 0.3 is 0 Å². The van der Waals surface area contributed by atoms with Gasteiger partial charge < -0.3 is 10.3 Å². The summed E-state index contributed by atoms with van der Waals surface area (Å²) in [5, 5.41) is 3.21. The Morgan fingerprint density at radius 1 is 1.16 bits per heavy atom. The molecular formula is C14H11ClN2O2. The van der Waals surface area contributed by atoms with Gasteiger partial charge in [-0.05, 0) is 37.3 Å². The molecule has 0 saturated carbocycles. The van der Waals surface area contributed by atoms with Gasteiger partial charge in [0.2, 0.25) is 5.91 Å². The maximum atomic E-state index is 12.4. The molecule has 5 heteroatoms. The van der Waals surface area contributed by atoms with E-state index in [1.54, 1.807) is 24.3 Å². The summed E-state index contributed by atoms with van der Waals surface area (Å²) in [5.41, 5.74) is 2.49. The highest BCUT2D eigenvalue weighted by Crippen LogP contribution is 2.32. The van der Waals surface area contributed by atoms with Gasteiger partial charge in [-0.25, -0.2) is 0 Å². The molecule has 19 heavy (non-hydrogen) atoms. The monoisotopic (exact) mass is 274 g/mol. The molecule has 1 unspecified atom stereocenters. The maximum Gasteiger partial charge on any atom is 0.241 e. The Hall–Kier alpha value is -2.07. The van der Waals surface area contributed by atoms with Crippen molar-refractivity contribution in [2.75, 3.05) is 5.32 Å². The zero-order valence-electron chi connectivity index (χ0n) is 10.2. The number of aryl methyl sites for hydroxylation is 1. The summed E-state index contributed by atoms with van der Waals surface area (Å²) in [5.74, 6) is -1.36. The molecule has 0 saturated heterocycles. The fourth-order valence-electron chi connectivity index (χ4n) is 2.29. The summed E-state index contributed by atoms with van der Waals surface area (Å²) in [6.45, 7) is 1.88. The fourth-order valence-corrected chi connectivity index (χ4v) is 2.46. The average molecular weight is 275 g/mol. The number of ketones is 1. The molecule has 0 bridgehead atoms. The van der Waals surface area contributed by atoms with Crippen molar-refractivity contribution >= 4 is 29.0 Å². The van der Waals surface area contributed by atoms with Crippen LogP contribution in [0, 0.1) is 6.92 Å². The SMILES string of the molecule is Cc1ccc(C2C(=O)Nc3cc(Cl)ccc3C2=O)[nH]1. The molecule has 0 radical (unpaired) electrons. The van der Waals surface area contributed by atoms with Gasteiger partial charge in [-0.15, -0.1) is 0 Å². The molecule has 0 spiro atoms. The van der Waals surface area contributed by atoms with Crippen molar-refractivity contribution < 1.29 is 9.59 Å². The highest BCUT2D eigenvalue weighted by molar-refractivity contribution is 6.32. The summed E-state index contributed by atoms with van der Waals surface area (Å²) in [6, 6.07) is 8.48. The Bertz CT molecular complexity index is 691. The predicted octanol–water partition coefficient (Wildman–Crippen LogP) is 2.90. The summed E-state index contributed by atoms with van der Waals surface area (Å²) < 4.78 is 0. The topological polar surface area (TPSA) is 62.0 Å². The number of nitrogens with one attached hydrogen (secondary N) is 2. The van der Waals surface area contributed by atoms with Crippen molar-refractivity contribution in [2.45, 2.75) is 12.8 Å². The van der Waals surface area contributed by atoms with Crippen molar-refractivity contribution in [3.8, 4) is 0 Å². The van der Waals surface area contributed by atoms with E-state index in [0.29, 0.717) is 22.0 Å². The van der Waals surface area contributed by atoms with Crippen LogP contribution in [0.3, 0.4) is 0 Å². The molecule has 1 aliphatic rings. The number of rotatable bonds is 1. The van der Waals surface area contributed by atoms with Gasteiger partial charge in [0, 0.05) is 22.0 Å². The van der Waals surface area contributed by atoms with E-state index < -0.39 is 5.92 Å². The molecule has 1 amide bonds. The van der Waals surface area contributed by atoms with Crippen LogP contribution in [-0.2, 0) is 4.79 Å². The number of H-pyrrole nitrogens is 1. The Morgan fingerprint density at radius 2 is 1.95 bits per heavy atom. The van der Waals surface area contributed by atoms with Gasteiger partial charge in [-0.3, -0.25) is 9.59 Å². The third kappa shape index (κ3) is 1.94. The lowest BCUT2D eigenvalue weighted by atomic mass is 9.89. The van der Waals surface area contributed by atoms with Crippen molar-refractivity contribution in [2.24, 2.45) is 0 Å². The fraction of sp³-hybridized carbons (Fsp3) is 0.143. The van der Waals surface area contributed by atoms with Crippen LogP contribution in [0.2, 0.25) is 5.02 Å².